The van der Waals surface area contributed by atoms with Gasteiger partial charge in [0.05, 0.1) is 12.2 Å². The maximum Gasteiger partial charge on any atom is 0.260 e. The predicted molar refractivity (Wildman–Crippen MR) is 80.6 cm³/mol. The first-order chi connectivity index (χ1) is 9.98. The van der Waals surface area contributed by atoms with Crippen LogP contribution in [0.5, 0.6) is 0 Å². The molecule has 2 aromatic rings. The van der Waals surface area contributed by atoms with Gasteiger partial charge < -0.3 is 4.98 Å². The lowest BCUT2D eigenvalue weighted by Crippen LogP contribution is -2.31. The van der Waals surface area contributed by atoms with Crippen molar-refractivity contribution in [3.05, 3.63) is 46.9 Å². The summed E-state index contributed by atoms with van der Waals surface area (Å²) < 4.78 is 27.0. The predicted octanol–water partition coefficient (Wildman–Crippen LogP) is 2.90. The monoisotopic (exact) mass is 325 g/mol. The van der Waals surface area contributed by atoms with E-state index in [4.69, 9.17) is 11.6 Å². The van der Waals surface area contributed by atoms with Crippen molar-refractivity contribution in [2.45, 2.75) is 30.8 Å². The van der Waals surface area contributed by atoms with E-state index in [1.807, 2.05) is 18.2 Å². The number of sulfonamides is 1. The number of nitrogens with zero attached hydrogens (tertiary/aromatic N) is 2. The molecule has 112 valence electrons. The number of imidazole rings is 1. The number of nitrogens with one attached hydrogen (secondary N) is 1. The molecule has 0 spiro atoms. The molecule has 0 amide bonds. The lowest BCUT2D eigenvalue weighted by atomic mass is 10.1. The molecule has 1 fully saturated rings. The van der Waals surface area contributed by atoms with E-state index in [0.717, 1.165) is 18.4 Å². The molecule has 1 aromatic heterocycles. The molecule has 21 heavy (non-hydrogen) atoms. The molecule has 1 aromatic carbocycles. The van der Waals surface area contributed by atoms with Crippen molar-refractivity contribution in [1.29, 1.82) is 0 Å². The van der Waals surface area contributed by atoms with Crippen LogP contribution in [0.2, 0.25) is 5.02 Å². The molecular formula is C14H16ClN3O2S. The van der Waals surface area contributed by atoms with Crippen LogP contribution in [0.3, 0.4) is 0 Å². The van der Waals surface area contributed by atoms with Gasteiger partial charge in [0.1, 0.15) is 5.82 Å². The maximum absolute atomic E-state index is 12.7. The van der Waals surface area contributed by atoms with Gasteiger partial charge in [-0.05, 0) is 37.5 Å². The van der Waals surface area contributed by atoms with Crippen molar-refractivity contribution < 1.29 is 8.42 Å². The van der Waals surface area contributed by atoms with E-state index in [0.29, 0.717) is 17.4 Å². The van der Waals surface area contributed by atoms with E-state index in [2.05, 4.69) is 9.97 Å². The normalized spacial score (nSPS) is 20.0. The minimum Gasteiger partial charge on any atom is -0.332 e. The number of benzene rings is 1. The molecule has 7 heteroatoms. The highest BCUT2D eigenvalue weighted by Gasteiger charge is 2.37. The molecule has 0 bridgehead atoms. The summed E-state index contributed by atoms with van der Waals surface area (Å²) in [5.41, 5.74) is 0.930. The van der Waals surface area contributed by atoms with Gasteiger partial charge in [0, 0.05) is 11.6 Å². The SMILES string of the molecule is Cc1ncc(S(=O)(=O)N2CCCC2c2cccc(Cl)c2)[nH]1. The Morgan fingerprint density at radius 3 is 2.90 bits per heavy atom. The molecule has 3 rings (SSSR count). The van der Waals surface area contributed by atoms with Crippen LogP contribution in [0.1, 0.15) is 30.3 Å². The molecule has 1 aliphatic heterocycles. The number of aromatic amines is 1. The fourth-order valence-electron chi connectivity index (χ4n) is 2.73. The van der Waals surface area contributed by atoms with Crippen LogP contribution >= 0.6 is 11.6 Å². The van der Waals surface area contributed by atoms with Crippen molar-refractivity contribution in [3.8, 4) is 0 Å². The van der Waals surface area contributed by atoms with Gasteiger partial charge in [-0.2, -0.15) is 4.31 Å². The lowest BCUT2D eigenvalue weighted by molar-refractivity contribution is 0.395. The summed E-state index contributed by atoms with van der Waals surface area (Å²) in [6, 6.07) is 7.22. The van der Waals surface area contributed by atoms with Crippen molar-refractivity contribution in [1.82, 2.24) is 14.3 Å². The quantitative estimate of drug-likeness (QED) is 0.943. The number of halogens is 1. The fourth-order valence-corrected chi connectivity index (χ4v) is 4.58. The van der Waals surface area contributed by atoms with E-state index < -0.39 is 10.0 Å². The van der Waals surface area contributed by atoms with Crippen molar-refractivity contribution in [2.75, 3.05) is 6.54 Å². The van der Waals surface area contributed by atoms with Crippen LogP contribution in [-0.2, 0) is 10.0 Å². The Bertz CT molecular complexity index is 757. The molecule has 0 saturated carbocycles. The van der Waals surface area contributed by atoms with Crippen molar-refractivity contribution in [2.24, 2.45) is 0 Å². The summed E-state index contributed by atoms with van der Waals surface area (Å²) >= 11 is 6.02. The standard InChI is InChI=1S/C14H16ClN3O2S/c1-10-16-9-14(17-10)21(19,20)18-7-3-6-13(18)11-4-2-5-12(15)8-11/h2,4-5,8-9,13H,3,6-7H2,1H3,(H,16,17). The van der Waals surface area contributed by atoms with E-state index in [9.17, 15) is 8.42 Å². The molecule has 1 saturated heterocycles. The van der Waals surface area contributed by atoms with Crippen LogP contribution in [0.4, 0.5) is 0 Å². The average molecular weight is 326 g/mol. The minimum absolute atomic E-state index is 0.147. The largest absolute Gasteiger partial charge is 0.332 e. The molecule has 0 aliphatic carbocycles. The molecule has 1 atom stereocenters. The second kappa shape index (κ2) is 5.44. The van der Waals surface area contributed by atoms with Gasteiger partial charge >= 0.3 is 0 Å². The van der Waals surface area contributed by atoms with Gasteiger partial charge in [-0.15, -0.1) is 0 Å². The molecular weight excluding hydrogens is 310 g/mol. The van der Waals surface area contributed by atoms with E-state index >= 15 is 0 Å². The Kier molecular flexibility index (Phi) is 3.77. The first kappa shape index (κ1) is 14.6. The Morgan fingerprint density at radius 1 is 1.43 bits per heavy atom. The third kappa shape index (κ3) is 2.71. The minimum atomic E-state index is -3.56. The average Bonchev–Trinajstić information content (AvgIpc) is 3.07. The van der Waals surface area contributed by atoms with E-state index in [1.54, 1.807) is 13.0 Å². The smallest absolute Gasteiger partial charge is 0.260 e. The fraction of sp³-hybridized carbons (Fsp3) is 0.357. The number of aryl methyl sites for hydroxylation is 1. The second-order valence-corrected chi connectivity index (χ2v) is 7.46. The van der Waals surface area contributed by atoms with Crippen LogP contribution in [0.25, 0.3) is 0 Å². The molecule has 1 unspecified atom stereocenters. The van der Waals surface area contributed by atoms with Crippen LogP contribution < -0.4 is 0 Å². The van der Waals surface area contributed by atoms with E-state index in [-0.39, 0.29) is 11.1 Å². The molecule has 0 radical (unpaired) electrons. The summed E-state index contributed by atoms with van der Waals surface area (Å²) in [7, 11) is -3.56. The van der Waals surface area contributed by atoms with Gasteiger partial charge in [-0.1, -0.05) is 23.7 Å². The summed E-state index contributed by atoms with van der Waals surface area (Å²) in [5, 5.41) is 0.767. The Morgan fingerprint density at radius 2 is 2.24 bits per heavy atom. The van der Waals surface area contributed by atoms with Gasteiger partial charge in [-0.3, -0.25) is 0 Å². The second-order valence-electron chi connectivity index (χ2n) is 5.16. The van der Waals surface area contributed by atoms with Gasteiger partial charge in [0.25, 0.3) is 10.0 Å². The Labute approximate surface area is 129 Å². The highest BCUT2D eigenvalue weighted by atomic mass is 35.5. The van der Waals surface area contributed by atoms with Gasteiger partial charge in [0.2, 0.25) is 0 Å². The molecule has 1 aliphatic rings. The van der Waals surface area contributed by atoms with Crippen LogP contribution in [0.15, 0.2) is 35.5 Å². The summed E-state index contributed by atoms with van der Waals surface area (Å²) in [4.78, 5) is 6.79. The van der Waals surface area contributed by atoms with Gasteiger partial charge in [-0.25, -0.2) is 13.4 Å². The molecule has 2 heterocycles. The number of hydrogen-bond donors (Lipinski definition) is 1. The van der Waals surface area contributed by atoms with Crippen molar-refractivity contribution in [3.63, 3.8) is 0 Å². The number of rotatable bonds is 3. The number of hydrogen-bond acceptors (Lipinski definition) is 3. The Balaban J connectivity index is 1.97. The summed E-state index contributed by atoms with van der Waals surface area (Å²) in [6.45, 7) is 2.25. The number of aromatic nitrogens is 2. The first-order valence-corrected chi connectivity index (χ1v) is 8.59. The third-order valence-electron chi connectivity index (χ3n) is 3.70. The van der Waals surface area contributed by atoms with Crippen LogP contribution in [0, 0.1) is 6.92 Å². The van der Waals surface area contributed by atoms with Crippen molar-refractivity contribution >= 4 is 21.6 Å². The zero-order valence-electron chi connectivity index (χ0n) is 11.6. The van der Waals surface area contributed by atoms with E-state index in [1.165, 1.54) is 10.5 Å². The first-order valence-electron chi connectivity index (χ1n) is 6.77. The topological polar surface area (TPSA) is 66.1 Å². The zero-order chi connectivity index (χ0) is 15.0. The molecule has 5 nitrogen and oxygen atoms in total. The lowest BCUT2D eigenvalue weighted by Gasteiger charge is -2.23. The zero-order valence-corrected chi connectivity index (χ0v) is 13.2. The maximum atomic E-state index is 12.7. The van der Waals surface area contributed by atoms with Crippen LogP contribution in [-0.4, -0.2) is 29.2 Å². The summed E-state index contributed by atoms with van der Waals surface area (Å²) in [6.07, 6.45) is 3.01. The number of H-pyrrole nitrogens is 1. The Hall–Kier alpha value is -1.37. The summed E-state index contributed by atoms with van der Waals surface area (Å²) in [5.74, 6) is 0.590. The highest BCUT2D eigenvalue weighted by molar-refractivity contribution is 7.89. The molecule has 1 N–H and O–H groups in total. The third-order valence-corrected chi connectivity index (χ3v) is 5.76. The highest BCUT2D eigenvalue weighted by Crippen LogP contribution is 2.36. The van der Waals surface area contributed by atoms with Gasteiger partial charge in [0.15, 0.2) is 5.03 Å².